The van der Waals surface area contributed by atoms with Crippen LogP contribution in [0.3, 0.4) is 0 Å². The van der Waals surface area contributed by atoms with Crippen LogP contribution in [0, 0.1) is 0 Å². The van der Waals surface area contributed by atoms with Gasteiger partial charge in [0.05, 0.1) is 12.2 Å². The van der Waals surface area contributed by atoms with Gasteiger partial charge in [-0.25, -0.2) is 0 Å². The predicted molar refractivity (Wildman–Crippen MR) is 70.4 cm³/mol. The first kappa shape index (κ1) is 10.3. The second-order valence-corrected chi connectivity index (χ2v) is 5.41. The average molecular weight is 239 g/mol. The molecular weight excluding hydrogens is 222 g/mol. The van der Waals surface area contributed by atoms with E-state index in [2.05, 4.69) is 46.5 Å². The number of aromatic nitrogens is 2. The Morgan fingerprint density at radius 2 is 2.11 bits per heavy atom. The Labute approximate surface area is 107 Å². The molecule has 2 aliphatic heterocycles. The van der Waals surface area contributed by atoms with E-state index in [-0.39, 0.29) is 0 Å². The minimum atomic E-state index is 0.559. The predicted octanol–water partition coefficient (Wildman–Crippen LogP) is 2.28. The van der Waals surface area contributed by atoms with Gasteiger partial charge in [0.25, 0.3) is 0 Å². The van der Waals surface area contributed by atoms with Gasteiger partial charge in [0.1, 0.15) is 0 Å². The molecule has 2 bridgehead atoms. The third kappa shape index (κ3) is 1.66. The van der Waals surface area contributed by atoms with Crippen molar-refractivity contribution >= 4 is 0 Å². The van der Waals surface area contributed by atoms with Crippen LogP contribution in [0.1, 0.15) is 35.7 Å². The van der Waals surface area contributed by atoms with E-state index in [1.165, 1.54) is 29.7 Å². The van der Waals surface area contributed by atoms with Crippen molar-refractivity contribution in [2.45, 2.75) is 37.9 Å². The zero-order chi connectivity index (χ0) is 11.9. The third-order valence-electron chi connectivity index (χ3n) is 4.11. The fraction of sp³-hybridized carbons (Fsp3) is 0.400. The molecular formula is C15H17N3. The van der Waals surface area contributed by atoms with E-state index in [1.54, 1.807) is 0 Å². The van der Waals surface area contributed by atoms with Gasteiger partial charge in [-0.2, -0.15) is 5.10 Å². The first-order valence-corrected chi connectivity index (χ1v) is 6.75. The van der Waals surface area contributed by atoms with E-state index < -0.39 is 0 Å². The summed E-state index contributed by atoms with van der Waals surface area (Å²) in [5, 5.41) is 8.43. The molecule has 1 aromatic heterocycles. The molecule has 0 unspecified atom stereocenters. The van der Waals surface area contributed by atoms with Gasteiger partial charge in [-0.15, -0.1) is 0 Å². The maximum absolute atomic E-state index is 4.76. The van der Waals surface area contributed by atoms with E-state index in [1.807, 2.05) is 0 Å². The van der Waals surface area contributed by atoms with Crippen LogP contribution >= 0.6 is 0 Å². The smallest absolute Gasteiger partial charge is 0.0688 e. The molecule has 3 nitrogen and oxygen atoms in total. The highest BCUT2D eigenvalue weighted by Gasteiger charge is 2.34. The molecule has 18 heavy (non-hydrogen) atoms. The van der Waals surface area contributed by atoms with Crippen LogP contribution in [0.2, 0.25) is 0 Å². The quantitative estimate of drug-likeness (QED) is 0.871. The van der Waals surface area contributed by atoms with Gasteiger partial charge in [0.15, 0.2) is 0 Å². The Hall–Kier alpha value is -1.61. The van der Waals surface area contributed by atoms with Crippen molar-refractivity contribution in [3.8, 4) is 0 Å². The van der Waals surface area contributed by atoms with Crippen molar-refractivity contribution in [2.24, 2.45) is 0 Å². The average Bonchev–Trinajstić information content (AvgIpc) is 2.97. The summed E-state index contributed by atoms with van der Waals surface area (Å²) in [5.74, 6) is 0. The fourth-order valence-corrected chi connectivity index (χ4v) is 3.24. The summed E-state index contributed by atoms with van der Waals surface area (Å²) in [7, 11) is 0. The Kier molecular flexibility index (Phi) is 2.27. The molecule has 3 heterocycles. The number of nitrogens with one attached hydrogen (secondary N) is 1. The Morgan fingerprint density at radius 1 is 1.22 bits per heavy atom. The van der Waals surface area contributed by atoms with Gasteiger partial charge in [0.2, 0.25) is 0 Å². The number of nitrogens with zero attached hydrogens (tertiary/aromatic N) is 2. The first-order chi connectivity index (χ1) is 8.88. The molecule has 1 fully saturated rings. The van der Waals surface area contributed by atoms with Crippen LogP contribution in [-0.4, -0.2) is 15.8 Å². The molecule has 92 valence electrons. The molecule has 1 saturated heterocycles. The van der Waals surface area contributed by atoms with Crippen LogP contribution in [0.4, 0.5) is 0 Å². The van der Waals surface area contributed by atoms with Crippen LogP contribution in [-0.2, 0) is 13.0 Å². The van der Waals surface area contributed by atoms with Crippen LogP contribution in [0.25, 0.3) is 0 Å². The topological polar surface area (TPSA) is 29.9 Å². The SMILES string of the molecule is c1ccc(Cn2cc3c(n2)C[C@H]2CC[C@@H]3N2)cc1. The summed E-state index contributed by atoms with van der Waals surface area (Å²) in [4.78, 5) is 0. The maximum atomic E-state index is 4.76. The summed E-state index contributed by atoms with van der Waals surface area (Å²) in [6.07, 6.45) is 5.92. The summed E-state index contributed by atoms with van der Waals surface area (Å²) in [6.45, 7) is 0.880. The molecule has 0 saturated carbocycles. The molecule has 1 N–H and O–H groups in total. The largest absolute Gasteiger partial charge is 0.307 e. The first-order valence-electron chi connectivity index (χ1n) is 6.75. The summed E-state index contributed by atoms with van der Waals surface area (Å²) in [5.41, 5.74) is 4.06. The van der Waals surface area contributed by atoms with Crippen LogP contribution in [0.5, 0.6) is 0 Å². The van der Waals surface area contributed by atoms with Gasteiger partial charge in [-0.05, 0) is 18.4 Å². The molecule has 1 aromatic carbocycles. The molecule has 2 aromatic rings. The van der Waals surface area contributed by atoms with Gasteiger partial charge >= 0.3 is 0 Å². The van der Waals surface area contributed by atoms with Gasteiger partial charge in [-0.3, -0.25) is 4.68 Å². The fourth-order valence-electron chi connectivity index (χ4n) is 3.24. The number of rotatable bonds is 2. The lowest BCUT2D eigenvalue weighted by Crippen LogP contribution is -2.31. The summed E-state index contributed by atoms with van der Waals surface area (Å²) in [6, 6.07) is 11.8. The van der Waals surface area contributed by atoms with Crippen LogP contribution in [0.15, 0.2) is 36.5 Å². The lowest BCUT2D eigenvalue weighted by Gasteiger charge is -2.19. The lowest BCUT2D eigenvalue weighted by atomic mass is 10.0. The third-order valence-corrected chi connectivity index (χ3v) is 4.11. The maximum Gasteiger partial charge on any atom is 0.0688 e. The van der Waals surface area contributed by atoms with Crippen molar-refractivity contribution < 1.29 is 0 Å². The highest BCUT2D eigenvalue weighted by Crippen LogP contribution is 2.35. The van der Waals surface area contributed by atoms with Crippen molar-refractivity contribution in [1.82, 2.24) is 15.1 Å². The van der Waals surface area contributed by atoms with Gasteiger partial charge in [0, 0.05) is 30.3 Å². The molecule has 2 aliphatic rings. The molecule has 2 atom stereocenters. The standard InChI is InChI=1S/C15H17N3/c1-2-4-11(5-3-1)9-18-10-13-14-7-6-12(16-14)8-15(13)17-18/h1-5,10,12,14,16H,6-9H2/t12-,14+/m1/s1. The second kappa shape index (κ2) is 3.95. The van der Waals surface area contributed by atoms with E-state index in [0.717, 1.165) is 13.0 Å². The minimum absolute atomic E-state index is 0.559. The summed E-state index contributed by atoms with van der Waals surface area (Å²) >= 11 is 0. The molecule has 3 heteroatoms. The second-order valence-electron chi connectivity index (χ2n) is 5.41. The molecule has 0 aliphatic carbocycles. The van der Waals surface area contributed by atoms with E-state index in [0.29, 0.717) is 12.1 Å². The Bertz CT molecular complexity index is 558. The number of fused-ring (bicyclic) bond motifs is 4. The van der Waals surface area contributed by atoms with Crippen molar-refractivity contribution in [1.29, 1.82) is 0 Å². The van der Waals surface area contributed by atoms with Crippen LogP contribution < -0.4 is 5.32 Å². The summed E-state index contributed by atoms with van der Waals surface area (Å²) < 4.78 is 2.10. The molecule has 0 spiro atoms. The normalized spacial score (nSPS) is 25.1. The highest BCUT2D eigenvalue weighted by atomic mass is 15.3. The monoisotopic (exact) mass is 239 g/mol. The molecule has 0 amide bonds. The van der Waals surface area contributed by atoms with Gasteiger partial charge in [-0.1, -0.05) is 30.3 Å². The Balaban J connectivity index is 1.63. The molecule has 0 radical (unpaired) electrons. The van der Waals surface area contributed by atoms with Gasteiger partial charge < -0.3 is 5.32 Å². The van der Waals surface area contributed by atoms with E-state index >= 15 is 0 Å². The van der Waals surface area contributed by atoms with E-state index in [9.17, 15) is 0 Å². The van der Waals surface area contributed by atoms with Crippen molar-refractivity contribution in [3.63, 3.8) is 0 Å². The minimum Gasteiger partial charge on any atom is -0.307 e. The van der Waals surface area contributed by atoms with E-state index in [4.69, 9.17) is 5.10 Å². The Morgan fingerprint density at radius 3 is 3.00 bits per heavy atom. The number of hydrogen-bond acceptors (Lipinski definition) is 2. The van der Waals surface area contributed by atoms with Crippen molar-refractivity contribution in [2.75, 3.05) is 0 Å². The highest BCUT2D eigenvalue weighted by molar-refractivity contribution is 5.28. The zero-order valence-corrected chi connectivity index (χ0v) is 10.3. The zero-order valence-electron chi connectivity index (χ0n) is 10.3. The number of hydrogen-bond donors (Lipinski definition) is 1. The lowest BCUT2D eigenvalue weighted by molar-refractivity contribution is 0.509. The molecule has 4 rings (SSSR count). The number of benzene rings is 1. The van der Waals surface area contributed by atoms with Crippen molar-refractivity contribution in [3.05, 3.63) is 53.3 Å².